The quantitative estimate of drug-likeness (QED) is 0.680. The molecule has 20 heavy (non-hydrogen) atoms. The van der Waals surface area contributed by atoms with E-state index in [1.807, 2.05) is 31.2 Å². The number of aryl methyl sites for hydroxylation is 1. The Morgan fingerprint density at radius 2 is 2.05 bits per heavy atom. The molecule has 0 aliphatic carbocycles. The molecule has 0 saturated heterocycles. The summed E-state index contributed by atoms with van der Waals surface area (Å²) in [7, 11) is 1.19. The van der Waals surface area contributed by atoms with Gasteiger partial charge in [-0.3, -0.25) is 14.6 Å². The minimum atomic E-state index is -1.20. The molecular formula is C15H15NO4. The third-order valence-corrected chi connectivity index (χ3v) is 3.14. The summed E-state index contributed by atoms with van der Waals surface area (Å²) in [6.45, 7) is 1.84. The number of aromatic nitrogens is 1. The Bertz CT molecular complexity index is 666. The number of nitrogens with zero attached hydrogens (tertiary/aromatic N) is 1. The summed E-state index contributed by atoms with van der Waals surface area (Å²) in [5.41, 5.74) is 2.36. The number of carboxylic acid groups (broad SMARTS) is 1. The van der Waals surface area contributed by atoms with Gasteiger partial charge in [-0.25, -0.2) is 0 Å². The first kappa shape index (κ1) is 14.0. The summed E-state index contributed by atoms with van der Waals surface area (Å²) in [4.78, 5) is 27.2. The van der Waals surface area contributed by atoms with Crippen molar-refractivity contribution in [3.63, 3.8) is 0 Å². The lowest BCUT2D eigenvalue weighted by Crippen LogP contribution is -2.27. The lowest BCUT2D eigenvalue weighted by molar-refractivity contribution is -0.156. The van der Waals surface area contributed by atoms with Gasteiger partial charge in [0.25, 0.3) is 0 Å². The van der Waals surface area contributed by atoms with Gasteiger partial charge in [0, 0.05) is 11.1 Å². The molecule has 2 rings (SSSR count). The molecular weight excluding hydrogens is 258 g/mol. The minimum absolute atomic E-state index is 0.0892. The van der Waals surface area contributed by atoms with Crippen LogP contribution in [0.3, 0.4) is 0 Å². The number of methoxy groups -OCH3 is 1. The Morgan fingerprint density at radius 1 is 1.35 bits per heavy atom. The van der Waals surface area contributed by atoms with E-state index in [1.165, 1.54) is 7.11 Å². The highest BCUT2D eigenvalue weighted by molar-refractivity contribution is 5.95. The Balaban J connectivity index is 2.46. The molecule has 0 saturated carbocycles. The first-order valence-electron chi connectivity index (χ1n) is 6.19. The van der Waals surface area contributed by atoms with Crippen molar-refractivity contribution in [2.45, 2.75) is 13.3 Å². The molecule has 1 aromatic heterocycles. The fourth-order valence-electron chi connectivity index (χ4n) is 2.20. The number of carbonyl (C=O) groups is 2. The fourth-order valence-corrected chi connectivity index (χ4v) is 2.20. The van der Waals surface area contributed by atoms with Crippen LogP contribution < -0.4 is 0 Å². The van der Waals surface area contributed by atoms with Crippen LogP contribution in [0.2, 0.25) is 0 Å². The molecule has 0 spiro atoms. The maximum absolute atomic E-state index is 11.6. The van der Waals surface area contributed by atoms with Crippen LogP contribution in [0.4, 0.5) is 0 Å². The Morgan fingerprint density at radius 3 is 2.70 bits per heavy atom. The van der Waals surface area contributed by atoms with Crippen molar-refractivity contribution in [1.82, 2.24) is 4.98 Å². The number of esters is 1. The molecule has 1 unspecified atom stereocenters. The standard InChI is InChI=1S/C15H15NO4/c1-9-7-10(8-12(14(17)18)15(19)20-2)11-5-3-4-6-13(11)16-9/h3-7,12H,8H2,1-2H3,(H,17,18). The number of hydrogen-bond donors (Lipinski definition) is 1. The molecule has 0 aliphatic heterocycles. The molecule has 0 fully saturated rings. The normalized spacial score (nSPS) is 12.1. The van der Waals surface area contributed by atoms with Gasteiger partial charge < -0.3 is 9.84 Å². The molecule has 0 radical (unpaired) electrons. The molecule has 0 bridgehead atoms. The Kier molecular flexibility index (Phi) is 3.98. The molecule has 1 heterocycles. The van der Waals surface area contributed by atoms with Crippen LogP contribution in [-0.4, -0.2) is 29.1 Å². The van der Waals surface area contributed by atoms with E-state index in [0.717, 1.165) is 22.2 Å². The van der Waals surface area contributed by atoms with Gasteiger partial charge in [0.2, 0.25) is 0 Å². The first-order valence-corrected chi connectivity index (χ1v) is 6.19. The average Bonchev–Trinajstić information content (AvgIpc) is 2.43. The van der Waals surface area contributed by atoms with Crippen molar-refractivity contribution in [3.05, 3.63) is 41.6 Å². The van der Waals surface area contributed by atoms with E-state index in [0.29, 0.717) is 0 Å². The van der Waals surface area contributed by atoms with Gasteiger partial charge in [-0.15, -0.1) is 0 Å². The van der Waals surface area contributed by atoms with Gasteiger partial charge in [0.1, 0.15) is 0 Å². The third-order valence-electron chi connectivity index (χ3n) is 3.14. The van der Waals surface area contributed by atoms with Crippen LogP contribution in [0.5, 0.6) is 0 Å². The molecule has 104 valence electrons. The number of rotatable bonds is 4. The fraction of sp³-hybridized carbons (Fsp3) is 0.267. The number of benzene rings is 1. The second kappa shape index (κ2) is 5.69. The first-order chi connectivity index (χ1) is 9.52. The van der Waals surface area contributed by atoms with Crippen LogP contribution in [0.15, 0.2) is 30.3 Å². The molecule has 5 heteroatoms. The zero-order chi connectivity index (χ0) is 14.7. The van der Waals surface area contributed by atoms with E-state index in [-0.39, 0.29) is 6.42 Å². The second-order valence-corrected chi connectivity index (χ2v) is 4.56. The van der Waals surface area contributed by atoms with Gasteiger partial charge in [-0.2, -0.15) is 0 Å². The van der Waals surface area contributed by atoms with Gasteiger partial charge >= 0.3 is 11.9 Å². The van der Waals surface area contributed by atoms with E-state index < -0.39 is 17.9 Å². The lowest BCUT2D eigenvalue weighted by Gasteiger charge is -2.12. The van der Waals surface area contributed by atoms with Crippen LogP contribution in [0, 0.1) is 12.8 Å². The van der Waals surface area contributed by atoms with E-state index in [9.17, 15) is 9.59 Å². The van der Waals surface area contributed by atoms with E-state index in [4.69, 9.17) is 5.11 Å². The highest BCUT2D eigenvalue weighted by Crippen LogP contribution is 2.21. The Labute approximate surface area is 116 Å². The van der Waals surface area contributed by atoms with Crippen LogP contribution in [0.25, 0.3) is 10.9 Å². The molecule has 0 amide bonds. The number of aliphatic carboxylic acids is 1. The van der Waals surface area contributed by atoms with Gasteiger partial charge in [0.15, 0.2) is 5.92 Å². The number of para-hydroxylation sites is 1. The SMILES string of the molecule is COC(=O)C(Cc1cc(C)nc2ccccc12)C(=O)O. The number of ether oxygens (including phenoxy) is 1. The van der Waals surface area contributed by atoms with Crippen molar-refractivity contribution in [3.8, 4) is 0 Å². The van der Waals surface area contributed by atoms with E-state index in [1.54, 1.807) is 6.07 Å². The van der Waals surface area contributed by atoms with Gasteiger partial charge in [-0.1, -0.05) is 18.2 Å². The van der Waals surface area contributed by atoms with Crippen molar-refractivity contribution in [2.24, 2.45) is 5.92 Å². The molecule has 1 aromatic carbocycles. The smallest absolute Gasteiger partial charge is 0.320 e. The van der Waals surface area contributed by atoms with Crippen LogP contribution >= 0.6 is 0 Å². The van der Waals surface area contributed by atoms with Gasteiger partial charge in [0.05, 0.1) is 12.6 Å². The zero-order valence-corrected chi connectivity index (χ0v) is 11.3. The average molecular weight is 273 g/mol. The maximum Gasteiger partial charge on any atom is 0.320 e. The summed E-state index contributed by atoms with van der Waals surface area (Å²) in [5.74, 6) is -3.13. The number of carboxylic acids is 1. The highest BCUT2D eigenvalue weighted by atomic mass is 16.5. The number of fused-ring (bicyclic) bond motifs is 1. The van der Waals surface area contributed by atoms with Gasteiger partial charge in [-0.05, 0) is 31.0 Å². The topological polar surface area (TPSA) is 76.5 Å². The third kappa shape index (κ3) is 2.77. The molecule has 5 nitrogen and oxygen atoms in total. The predicted octanol–water partition coefficient (Wildman–Crippen LogP) is 1.96. The molecule has 0 aliphatic rings. The Hall–Kier alpha value is -2.43. The predicted molar refractivity (Wildman–Crippen MR) is 73.3 cm³/mol. The summed E-state index contributed by atoms with van der Waals surface area (Å²) < 4.78 is 4.55. The van der Waals surface area contributed by atoms with Crippen molar-refractivity contribution in [2.75, 3.05) is 7.11 Å². The maximum atomic E-state index is 11.6. The number of hydrogen-bond acceptors (Lipinski definition) is 4. The van der Waals surface area contributed by atoms with Crippen molar-refractivity contribution >= 4 is 22.8 Å². The summed E-state index contributed by atoms with van der Waals surface area (Å²) >= 11 is 0. The largest absolute Gasteiger partial charge is 0.481 e. The molecule has 2 aromatic rings. The second-order valence-electron chi connectivity index (χ2n) is 4.56. The molecule has 1 N–H and O–H groups in total. The summed E-state index contributed by atoms with van der Waals surface area (Å²) in [5, 5.41) is 10.0. The van der Waals surface area contributed by atoms with E-state index >= 15 is 0 Å². The number of pyridine rings is 1. The van der Waals surface area contributed by atoms with Crippen LogP contribution in [-0.2, 0) is 20.7 Å². The van der Waals surface area contributed by atoms with Crippen molar-refractivity contribution in [1.29, 1.82) is 0 Å². The van der Waals surface area contributed by atoms with Crippen LogP contribution in [0.1, 0.15) is 11.3 Å². The highest BCUT2D eigenvalue weighted by Gasteiger charge is 2.28. The number of carbonyl (C=O) groups excluding carboxylic acids is 1. The molecule has 1 atom stereocenters. The van der Waals surface area contributed by atoms with E-state index in [2.05, 4.69) is 9.72 Å². The monoisotopic (exact) mass is 273 g/mol. The summed E-state index contributed by atoms with van der Waals surface area (Å²) in [6, 6.07) is 9.26. The minimum Gasteiger partial charge on any atom is -0.481 e. The van der Waals surface area contributed by atoms with Crippen molar-refractivity contribution < 1.29 is 19.4 Å². The lowest BCUT2D eigenvalue weighted by atomic mass is 9.96. The summed E-state index contributed by atoms with van der Waals surface area (Å²) in [6.07, 6.45) is 0.0892. The zero-order valence-electron chi connectivity index (χ0n) is 11.3.